The van der Waals surface area contributed by atoms with E-state index in [1.807, 2.05) is 24.0 Å². The fourth-order valence-corrected chi connectivity index (χ4v) is 3.60. The van der Waals surface area contributed by atoms with E-state index in [1.165, 1.54) is 6.42 Å². The highest BCUT2D eigenvalue weighted by atomic mass is 35.5. The van der Waals surface area contributed by atoms with Crippen LogP contribution in [0.25, 0.3) is 0 Å². The van der Waals surface area contributed by atoms with E-state index in [0.717, 1.165) is 44.6 Å². The Labute approximate surface area is 160 Å². The molecule has 2 heterocycles. The number of carbonyl (C=O) groups is 2. The lowest BCUT2D eigenvalue weighted by Crippen LogP contribution is -2.52. The number of rotatable bonds is 3. The molecule has 0 bridgehead atoms. The van der Waals surface area contributed by atoms with Crippen LogP contribution in [0.1, 0.15) is 24.8 Å². The Morgan fingerprint density at radius 1 is 1.00 bits per heavy atom. The molecule has 2 aliphatic heterocycles. The average molecular weight is 379 g/mol. The number of amides is 3. The molecule has 3 amide bonds. The van der Waals surface area contributed by atoms with Gasteiger partial charge in [0, 0.05) is 50.0 Å². The summed E-state index contributed by atoms with van der Waals surface area (Å²) in [6.07, 6.45) is 3.45. The quantitative estimate of drug-likeness (QED) is 0.879. The minimum atomic E-state index is -0.119. The van der Waals surface area contributed by atoms with Gasteiger partial charge < -0.3 is 15.1 Å². The lowest BCUT2D eigenvalue weighted by atomic mass is 10.1. The molecule has 6 nitrogen and oxygen atoms in total. The van der Waals surface area contributed by atoms with Crippen molar-refractivity contribution in [3.8, 4) is 0 Å². The smallest absolute Gasteiger partial charge is 0.321 e. The first kappa shape index (κ1) is 19.0. The molecule has 7 heteroatoms. The van der Waals surface area contributed by atoms with Crippen LogP contribution in [-0.2, 0) is 4.79 Å². The van der Waals surface area contributed by atoms with Gasteiger partial charge in [-0.05, 0) is 43.9 Å². The molecule has 2 fully saturated rings. The molecule has 0 aromatic heterocycles. The van der Waals surface area contributed by atoms with Crippen molar-refractivity contribution in [3.05, 3.63) is 28.8 Å². The lowest BCUT2D eigenvalue weighted by molar-refractivity contribution is -0.133. The van der Waals surface area contributed by atoms with E-state index in [1.54, 1.807) is 11.0 Å². The Kier molecular flexibility index (Phi) is 6.38. The van der Waals surface area contributed by atoms with Crippen molar-refractivity contribution in [1.29, 1.82) is 0 Å². The van der Waals surface area contributed by atoms with Crippen LogP contribution in [0.15, 0.2) is 18.2 Å². The van der Waals surface area contributed by atoms with E-state index in [-0.39, 0.29) is 11.9 Å². The SMILES string of the molecule is Cc1ccc(NC(=O)N2CCN(CC(=O)N3CCCCC3)CC2)cc1Cl. The first-order chi connectivity index (χ1) is 12.5. The molecule has 0 saturated carbocycles. The Bertz CT molecular complexity index is 653. The highest BCUT2D eigenvalue weighted by Gasteiger charge is 2.24. The number of aryl methyl sites for hydroxylation is 1. The Morgan fingerprint density at radius 2 is 1.69 bits per heavy atom. The number of piperazine rings is 1. The van der Waals surface area contributed by atoms with Gasteiger partial charge in [-0.25, -0.2) is 4.79 Å². The fourth-order valence-electron chi connectivity index (χ4n) is 3.42. The van der Waals surface area contributed by atoms with Gasteiger partial charge >= 0.3 is 6.03 Å². The van der Waals surface area contributed by atoms with Crippen molar-refractivity contribution in [1.82, 2.24) is 14.7 Å². The summed E-state index contributed by atoms with van der Waals surface area (Å²) in [4.78, 5) is 30.7. The van der Waals surface area contributed by atoms with Crippen LogP contribution < -0.4 is 5.32 Å². The summed E-state index contributed by atoms with van der Waals surface area (Å²) >= 11 is 6.11. The molecule has 0 unspecified atom stereocenters. The molecular weight excluding hydrogens is 352 g/mol. The topological polar surface area (TPSA) is 55.9 Å². The van der Waals surface area contributed by atoms with Gasteiger partial charge in [-0.15, -0.1) is 0 Å². The van der Waals surface area contributed by atoms with Crippen LogP contribution in [0.4, 0.5) is 10.5 Å². The Hall–Kier alpha value is -1.79. The van der Waals surface area contributed by atoms with Crippen LogP contribution in [0, 0.1) is 6.92 Å². The zero-order chi connectivity index (χ0) is 18.5. The van der Waals surface area contributed by atoms with Crippen molar-refractivity contribution in [2.75, 3.05) is 51.1 Å². The number of halogens is 1. The molecular formula is C19H27ClN4O2. The molecule has 2 saturated heterocycles. The van der Waals surface area contributed by atoms with Crippen molar-refractivity contribution >= 4 is 29.2 Å². The number of hydrogen-bond donors (Lipinski definition) is 1. The minimum absolute atomic E-state index is 0.119. The van der Waals surface area contributed by atoms with E-state index >= 15 is 0 Å². The van der Waals surface area contributed by atoms with Crippen LogP contribution in [0.5, 0.6) is 0 Å². The van der Waals surface area contributed by atoms with Crippen LogP contribution >= 0.6 is 11.6 Å². The number of nitrogens with one attached hydrogen (secondary N) is 1. The predicted octanol–water partition coefficient (Wildman–Crippen LogP) is 2.81. The molecule has 1 aromatic carbocycles. The molecule has 2 aliphatic rings. The number of likely N-dealkylation sites (tertiary alicyclic amines) is 1. The summed E-state index contributed by atoms with van der Waals surface area (Å²) in [5.41, 5.74) is 1.69. The van der Waals surface area contributed by atoms with Gasteiger partial charge in [0.05, 0.1) is 6.54 Å². The summed E-state index contributed by atoms with van der Waals surface area (Å²) < 4.78 is 0. The van der Waals surface area contributed by atoms with Gasteiger partial charge in [0.2, 0.25) is 5.91 Å². The largest absolute Gasteiger partial charge is 0.342 e. The van der Waals surface area contributed by atoms with Gasteiger partial charge in [-0.1, -0.05) is 17.7 Å². The van der Waals surface area contributed by atoms with Crippen molar-refractivity contribution in [3.63, 3.8) is 0 Å². The van der Waals surface area contributed by atoms with Crippen LogP contribution in [0.3, 0.4) is 0 Å². The van der Waals surface area contributed by atoms with E-state index < -0.39 is 0 Å². The lowest BCUT2D eigenvalue weighted by Gasteiger charge is -2.36. The maximum atomic E-state index is 12.4. The number of nitrogens with zero attached hydrogens (tertiary/aromatic N) is 3. The van der Waals surface area contributed by atoms with E-state index in [0.29, 0.717) is 30.3 Å². The normalized spacial score (nSPS) is 18.7. The fraction of sp³-hybridized carbons (Fsp3) is 0.579. The van der Waals surface area contributed by atoms with Gasteiger partial charge in [-0.2, -0.15) is 0 Å². The molecule has 0 atom stereocenters. The number of urea groups is 1. The van der Waals surface area contributed by atoms with Crippen molar-refractivity contribution < 1.29 is 9.59 Å². The van der Waals surface area contributed by atoms with Gasteiger partial charge in [0.15, 0.2) is 0 Å². The Morgan fingerprint density at radius 3 is 2.35 bits per heavy atom. The molecule has 26 heavy (non-hydrogen) atoms. The summed E-state index contributed by atoms with van der Waals surface area (Å²) in [6, 6.07) is 5.39. The van der Waals surface area contributed by atoms with E-state index in [4.69, 9.17) is 11.6 Å². The summed E-state index contributed by atoms with van der Waals surface area (Å²) in [6.45, 7) is 6.86. The maximum absolute atomic E-state index is 12.4. The van der Waals surface area contributed by atoms with Gasteiger partial charge in [-0.3, -0.25) is 9.69 Å². The van der Waals surface area contributed by atoms with Gasteiger partial charge in [0.25, 0.3) is 0 Å². The molecule has 0 aliphatic carbocycles. The predicted molar refractivity (Wildman–Crippen MR) is 104 cm³/mol. The number of anilines is 1. The van der Waals surface area contributed by atoms with Crippen LogP contribution in [0.2, 0.25) is 5.02 Å². The highest BCUT2D eigenvalue weighted by molar-refractivity contribution is 6.31. The van der Waals surface area contributed by atoms with E-state index in [2.05, 4.69) is 10.2 Å². The minimum Gasteiger partial charge on any atom is -0.342 e. The van der Waals surface area contributed by atoms with Crippen LogP contribution in [-0.4, -0.2) is 72.5 Å². The summed E-state index contributed by atoms with van der Waals surface area (Å²) in [7, 11) is 0. The molecule has 0 radical (unpaired) electrons. The second-order valence-corrected chi connectivity index (χ2v) is 7.51. The van der Waals surface area contributed by atoms with E-state index in [9.17, 15) is 9.59 Å². The first-order valence-corrected chi connectivity index (χ1v) is 9.73. The number of piperidine rings is 1. The molecule has 1 aromatic rings. The van der Waals surface area contributed by atoms with Crippen molar-refractivity contribution in [2.45, 2.75) is 26.2 Å². The highest BCUT2D eigenvalue weighted by Crippen LogP contribution is 2.20. The summed E-state index contributed by atoms with van der Waals surface area (Å²) in [5, 5.41) is 3.54. The second-order valence-electron chi connectivity index (χ2n) is 7.10. The summed E-state index contributed by atoms with van der Waals surface area (Å²) in [5.74, 6) is 0.219. The molecule has 3 rings (SSSR count). The maximum Gasteiger partial charge on any atom is 0.321 e. The second kappa shape index (κ2) is 8.73. The monoisotopic (exact) mass is 378 g/mol. The van der Waals surface area contributed by atoms with Gasteiger partial charge in [0.1, 0.15) is 0 Å². The zero-order valence-electron chi connectivity index (χ0n) is 15.3. The molecule has 142 valence electrons. The Balaban J connectivity index is 1.44. The van der Waals surface area contributed by atoms with Crippen molar-refractivity contribution in [2.24, 2.45) is 0 Å². The number of hydrogen-bond acceptors (Lipinski definition) is 3. The molecule has 1 N–H and O–H groups in total. The standard InChI is InChI=1S/C19H27ClN4O2/c1-15-5-6-16(13-17(15)20)21-19(26)24-11-9-22(10-12-24)14-18(25)23-7-3-2-4-8-23/h5-6,13H,2-4,7-12,14H2,1H3,(H,21,26). The third-order valence-electron chi connectivity index (χ3n) is 5.15. The third kappa shape index (κ3) is 4.89. The molecule has 0 spiro atoms. The third-order valence-corrected chi connectivity index (χ3v) is 5.56. The first-order valence-electron chi connectivity index (χ1n) is 9.35. The average Bonchev–Trinajstić information content (AvgIpc) is 2.66. The zero-order valence-corrected chi connectivity index (χ0v) is 16.1. The number of carbonyl (C=O) groups excluding carboxylic acids is 2. The number of benzene rings is 1.